The van der Waals surface area contributed by atoms with Gasteiger partial charge < -0.3 is 20.1 Å². The molecule has 1 saturated heterocycles. The van der Waals surface area contributed by atoms with Gasteiger partial charge in [-0.15, -0.1) is 0 Å². The number of rotatable bonds is 4. The number of likely N-dealkylation sites (tertiary alicyclic amines) is 1. The lowest BCUT2D eigenvalue weighted by atomic mass is 10.0. The number of aromatic nitrogens is 2. The molecule has 0 amide bonds. The topological polar surface area (TPSA) is 57.5 Å². The van der Waals surface area contributed by atoms with E-state index in [4.69, 9.17) is 0 Å². The Labute approximate surface area is 127 Å². The van der Waals surface area contributed by atoms with E-state index >= 15 is 0 Å². The van der Waals surface area contributed by atoms with Crippen molar-refractivity contribution in [2.45, 2.75) is 45.3 Å². The van der Waals surface area contributed by atoms with Crippen LogP contribution in [0.15, 0.2) is 17.4 Å². The third-order valence-electron chi connectivity index (χ3n) is 4.16. The molecule has 0 atom stereocenters. The van der Waals surface area contributed by atoms with Gasteiger partial charge in [0.05, 0.1) is 6.54 Å². The summed E-state index contributed by atoms with van der Waals surface area (Å²) in [4.78, 5) is 11.1. The average Bonchev–Trinajstić information content (AvgIpc) is 2.89. The number of aliphatic imine (C=N–C) groups is 1. The Morgan fingerprint density at radius 3 is 2.67 bits per heavy atom. The molecule has 0 spiro atoms. The lowest BCUT2D eigenvalue weighted by Crippen LogP contribution is -2.49. The van der Waals surface area contributed by atoms with Crippen molar-refractivity contribution in [1.82, 2.24) is 25.1 Å². The summed E-state index contributed by atoms with van der Waals surface area (Å²) in [6.45, 7) is 7.54. The molecule has 0 bridgehead atoms. The summed E-state index contributed by atoms with van der Waals surface area (Å²) < 4.78 is 2.02. The van der Waals surface area contributed by atoms with Gasteiger partial charge in [-0.25, -0.2) is 4.98 Å². The van der Waals surface area contributed by atoms with E-state index in [1.54, 1.807) is 0 Å². The second-order valence-corrected chi connectivity index (χ2v) is 5.93. The van der Waals surface area contributed by atoms with Crippen molar-refractivity contribution in [2.75, 3.05) is 20.1 Å². The van der Waals surface area contributed by atoms with Crippen LogP contribution in [-0.2, 0) is 13.6 Å². The van der Waals surface area contributed by atoms with Gasteiger partial charge >= 0.3 is 0 Å². The van der Waals surface area contributed by atoms with Crippen LogP contribution in [0.2, 0.25) is 0 Å². The Balaban J connectivity index is 1.77. The fourth-order valence-corrected chi connectivity index (χ4v) is 2.68. The van der Waals surface area contributed by atoms with E-state index in [9.17, 15) is 0 Å². The van der Waals surface area contributed by atoms with Crippen LogP contribution in [0.1, 0.15) is 32.5 Å². The Bertz CT molecular complexity index is 456. The molecular formula is C15H28N6. The van der Waals surface area contributed by atoms with Gasteiger partial charge in [0.15, 0.2) is 5.96 Å². The fraction of sp³-hybridized carbons (Fsp3) is 0.733. The van der Waals surface area contributed by atoms with E-state index in [1.165, 1.54) is 12.8 Å². The molecule has 6 heteroatoms. The van der Waals surface area contributed by atoms with Gasteiger partial charge in [-0.3, -0.25) is 4.99 Å². The normalized spacial score (nSPS) is 18.2. The first-order chi connectivity index (χ1) is 10.1. The summed E-state index contributed by atoms with van der Waals surface area (Å²) in [5, 5.41) is 6.86. The minimum absolute atomic E-state index is 0.507. The molecule has 0 unspecified atom stereocenters. The molecule has 0 radical (unpaired) electrons. The molecule has 21 heavy (non-hydrogen) atoms. The highest BCUT2D eigenvalue weighted by molar-refractivity contribution is 5.79. The lowest BCUT2D eigenvalue weighted by molar-refractivity contribution is 0.167. The minimum Gasteiger partial charge on any atom is -0.354 e. The van der Waals surface area contributed by atoms with E-state index < -0.39 is 0 Å². The van der Waals surface area contributed by atoms with Gasteiger partial charge in [-0.05, 0) is 26.7 Å². The standard InChI is InChI=1S/C15H28N6/c1-12(2)21-8-5-13(6-9-21)19-15(16-3)18-11-14-17-7-10-20(14)4/h7,10,12-13H,5-6,8-9,11H2,1-4H3,(H2,16,18,19). The Morgan fingerprint density at radius 2 is 2.14 bits per heavy atom. The first-order valence-electron chi connectivity index (χ1n) is 7.77. The lowest BCUT2D eigenvalue weighted by Gasteiger charge is -2.35. The maximum Gasteiger partial charge on any atom is 0.191 e. The van der Waals surface area contributed by atoms with Crippen LogP contribution in [0.25, 0.3) is 0 Å². The highest BCUT2D eigenvalue weighted by Gasteiger charge is 2.21. The van der Waals surface area contributed by atoms with Gasteiger partial charge in [0.25, 0.3) is 0 Å². The van der Waals surface area contributed by atoms with Crippen LogP contribution >= 0.6 is 0 Å². The van der Waals surface area contributed by atoms with Crippen molar-refractivity contribution >= 4 is 5.96 Å². The quantitative estimate of drug-likeness (QED) is 0.641. The first-order valence-corrected chi connectivity index (χ1v) is 7.77. The monoisotopic (exact) mass is 292 g/mol. The number of piperidine rings is 1. The number of imidazole rings is 1. The molecule has 0 saturated carbocycles. The summed E-state index contributed by atoms with van der Waals surface area (Å²) in [5.41, 5.74) is 0. The van der Waals surface area contributed by atoms with Gasteiger partial charge in [0, 0.05) is 51.7 Å². The zero-order valence-electron chi connectivity index (χ0n) is 13.6. The van der Waals surface area contributed by atoms with Crippen LogP contribution in [0.5, 0.6) is 0 Å². The van der Waals surface area contributed by atoms with Crippen molar-refractivity contribution in [3.8, 4) is 0 Å². The minimum atomic E-state index is 0.507. The second kappa shape index (κ2) is 7.45. The van der Waals surface area contributed by atoms with Crippen molar-refractivity contribution < 1.29 is 0 Å². The molecule has 6 nitrogen and oxygen atoms in total. The number of aryl methyl sites for hydroxylation is 1. The predicted molar refractivity (Wildman–Crippen MR) is 86.3 cm³/mol. The molecule has 1 fully saturated rings. The summed E-state index contributed by atoms with van der Waals surface area (Å²) in [5.74, 6) is 1.87. The van der Waals surface area contributed by atoms with Crippen LogP contribution < -0.4 is 10.6 Å². The van der Waals surface area contributed by atoms with Crippen LogP contribution in [-0.4, -0.2) is 52.6 Å². The van der Waals surface area contributed by atoms with Crippen molar-refractivity contribution in [3.63, 3.8) is 0 Å². The summed E-state index contributed by atoms with van der Waals surface area (Å²) in [7, 11) is 3.82. The summed E-state index contributed by atoms with van der Waals surface area (Å²) in [6, 6.07) is 1.15. The highest BCUT2D eigenvalue weighted by atomic mass is 15.2. The fourth-order valence-electron chi connectivity index (χ4n) is 2.68. The number of nitrogens with zero attached hydrogens (tertiary/aromatic N) is 4. The SMILES string of the molecule is CN=C(NCc1nccn1C)NC1CCN(C(C)C)CC1. The number of nitrogens with one attached hydrogen (secondary N) is 2. The molecule has 118 valence electrons. The number of hydrogen-bond acceptors (Lipinski definition) is 3. The van der Waals surface area contributed by atoms with E-state index in [2.05, 4.69) is 39.4 Å². The van der Waals surface area contributed by atoms with E-state index in [-0.39, 0.29) is 0 Å². The van der Waals surface area contributed by atoms with E-state index in [0.717, 1.165) is 24.9 Å². The average molecular weight is 292 g/mol. The summed E-state index contributed by atoms with van der Waals surface area (Å²) in [6.07, 6.45) is 6.10. The maximum absolute atomic E-state index is 4.31. The Morgan fingerprint density at radius 1 is 1.43 bits per heavy atom. The molecule has 0 aliphatic carbocycles. The molecule has 0 aromatic carbocycles. The van der Waals surface area contributed by atoms with Crippen LogP contribution in [0.3, 0.4) is 0 Å². The largest absolute Gasteiger partial charge is 0.354 e. The molecule has 1 aliphatic heterocycles. The number of hydrogen-bond donors (Lipinski definition) is 2. The smallest absolute Gasteiger partial charge is 0.191 e. The maximum atomic E-state index is 4.31. The van der Waals surface area contributed by atoms with Gasteiger partial charge in [0.1, 0.15) is 5.82 Å². The second-order valence-electron chi connectivity index (χ2n) is 5.93. The molecule has 2 N–H and O–H groups in total. The van der Waals surface area contributed by atoms with Crippen molar-refractivity contribution in [3.05, 3.63) is 18.2 Å². The van der Waals surface area contributed by atoms with Crippen LogP contribution in [0.4, 0.5) is 0 Å². The van der Waals surface area contributed by atoms with Crippen molar-refractivity contribution in [1.29, 1.82) is 0 Å². The van der Waals surface area contributed by atoms with Gasteiger partial charge in [0.2, 0.25) is 0 Å². The van der Waals surface area contributed by atoms with Crippen molar-refractivity contribution in [2.24, 2.45) is 12.0 Å². The number of guanidine groups is 1. The third-order valence-corrected chi connectivity index (χ3v) is 4.16. The van der Waals surface area contributed by atoms with Gasteiger partial charge in [-0.2, -0.15) is 0 Å². The molecule has 1 aliphatic rings. The Kier molecular flexibility index (Phi) is 5.61. The summed E-state index contributed by atoms with van der Waals surface area (Å²) >= 11 is 0. The first kappa shape index (κ1) is 15.8. The molecule has 2 heterocycles. The zero-order chi connectivity index (χ0) is 15.2. The Hall–Kier alpha value is -1.56. The predicted octanol–water partition coefficient (Wildman–Crippen LogP) is 0.958. The van der Waals surface area contributed by atoms with Crippen LogP contribution in [0, 0.1) is 0 Å². The van der Waals surface area contributed by atoms with Gasteiger partial charge in [-0.1, -0.05) is 0 Å². The van der Waals surface area contributed by atoms with E-state index in [0.29, 0.717) is 18.6 Å². The third kappa shape index (κ3) is 4.46. The molecular weight excluding hydrogens is 264 g/mol. The zero-order valence-corrected chi connectivity index (χ0v) is 13.6. The van der Waals surface area contributed by atoms with E-state index in [1.807, 2.05) is 31.1 Å². The molecule has 1 aromatic heterocycles. The molecule has 2 rings (SSSR count). The highest BCUT2D eigenvalue weighted by Crippen LogP contribution is 2.12. The molecule has 1 aromatic rings.